The molecule has 0 spiro atoms. The summed E-state index contributed by atoms with van der Waals surface area (Å²) in [7, 11) is -2.03. The van der Waals surface area contributed by atoms with Crippen LogP contribution in [0.5, 0.6) is 0 Å². The second kappa shape index (κ2) is 7.74. The van der Waals surface area contributed by atoms with Gasteiger partial charge in [0, 0.05) is 11.9 Å². The molecule has 0 radical (unpaired) electrons. The second-order valence-electron chi connectivity index (χ2n) is 5.19. The van der Waals surface area contributed by atoms with Crippen LogP contribution >= 0.6 is 23.5 Å². The van der Waals surface area contributed by atoms with Crippen LogP contribution < -0.4 is 14.8 Å². The number of sulfonamides is 1. The van der Waals surface area contributed by atoms with Gasteiger partial charge in [-0.2, -0.15) is 0 Å². The van der Waals surface area contributed by atoms with E-state index in [-0.39, 0.29) is 22.7 Å². The Kier molecular flexibility index (Phi) is 6.15. The minimum absolute atomic E-state index is 0.0190. The highest BCUT2D eigenvalue weighted by atomic mass is 35.5. The zero-order valence-corrected chi connectivity index (χ0v) is 15.2. The molecule has 0 bridgehead atoms. The third-order valence-electron chi connectivity index (χ3n) is 3.54. The average molecular weight is 397 g/mol. The summed E-state index contributed by atoms with van der Waals surface area (Å²) in [6.45, 7) is 0.0662. The summed E-state index contributed by atoms with van der Waals surface area (Å²) >= 11 is 7.34. The molecule has 0 amide bonds. The van der Waals surface area contributed by atoms with Crippen molar-refractivity contribution in [3.05, 3.63) is 27.3 Å². The van der Waals surface area contributed by atoms with E-state index in [1.807, 2.05) is 11.9 Å². The molecule has 0 fully saturated rings. The SMILES string of the molecule is CN1c2cc(Cl)c(S(N)(=O)=O)cc2SNC1CCCCO[N+](=O)[O-]. The maximum absolute atomic E-state index is 11.5. The van der Waals surface area contributed by atoms with Gasteiger partial charge >= 0.3 is 0 Å². The molecule has 0 saturated heterocycles. The van der Waals surface area contributed by atoms with Gasteiger partial charge in [0.25, 0.3) is 5.09 Å². The molecule has 2 rings (SSSR count). The summed E-state index contributed by atoms with van der Waals surface area (Å²) < 4.78 is 26.3. The van der Waals surface area contributed by atoms with Gasteiger partial charge in [-0.25, -0.2) is 18.3 Å². The number of hydrogen-bond acceptors (Lipinski definition) is 8. The minimum atomic E-state index is -3.89. The lowest BCUT2D eigenvalue weighted by Crippen LogP contribution is -2.43. The maximum Gasteiger partial charge on any atom is 0.294 e. The van der Waals surface area contributed by atoms with Gasteiger partial charge < -0.3 is 9.74 Å². The van der Waals surface area contributed by atoms with Crippen LogP contribution in [0.1, 0.15) is 19.3 Å². The molecule has 1 unspecified atom stereocenters. The van der Waals surface area contributed by atoms with Crippen LogP contribution in [-0.4, -0.2) is 33.3 Å². The Balaban J connectivity index is 2.04. The Hall–Kier alpha value is -1.27. The molecule has 12 heteroatoms. The quantitative estimate of drug-likeness (QED) is 0.308. The summed E-state index contributed by atoms with van der Waals surface area (Å²) in [6, 6.07) is 3.02. The van der Waals surface area contributed by atoms with Crippen LogP contribution in [0.2, 0.25) is 5.02 Å². The number of nitrogens with zero attached hydrogens (tertiary/aromatic N) is 2. The molecule has 1 aromatic rings. The molecule has 1 aliphatic heterocycles. The van der Waals surface area contributed by atoms with Gasteiger partial charge in [0.15, 0.2) is 0 Å². The molecule has 9 nitrogen and oxygen atoms in total. The van der Waals surface area contributed by atoms with E-state index in [1.165, 1.54) is 18.0 Å². The van der Waals surface area contributed by atoms with Crippen molar-refractivity contribution in [3.63, 3.8) is 0 Å². The van der Waals surface area contributed by atoms with E-state index in [4.69, 9.17) is 16.7 Å². The Labute approximate surface area is 148 Å². The summed E-state index contributed by atoms with van der Waals surface area (Å²) in [6.07, 6.45) is 2.01. The Morgan fingerprint density at radius 1 is 1.50 bits per heavy atom. The molecule has 3 N–H and O–H groups in total. The Morgan fingerprint density at radius 2 is 2.21 bits per heavy atom. The van der Waals surface area contributed by atoms with Crippen LogP contribution in [0.25, 0.3) is 0 Å². The lowest BCUT2D eigenvalue weighted by atomic mass is 10.2. The summed E-state index contributed by atoms with van der Waals surface area (Å²) in [4.78, 5) is 16.9. The van der Waals surface area contributed by atoms with Crippen molar-refractivity contribution in [1.29, 1.82) is 0 Å². The summed E-state index contributed by atoms with van der Waals surface area (Å²) in [5, 5.41) is 14.5. The van der Waals surface area contributed by atoms with Crippen molar-refractivity contribution in [1.82, 2.24) is 4.72 Å². The third-order valence-corrected chi connectivity index (χ3v) is 5.85. The molecule has 1 aromatic carbocycles. The van der Waals surface area contributed by atoms with Crippen LogP contribution in [0.3, 0.4) is 0 Å². The van der Waals surface area contributed by atoms with Crippen LogP contribution in [0.15, 0.2) is 21.9 Å². The number of fused-ring (bicyclic) bond motifs is 1. The highest BCUT2D eigenvalue weighted by Crippen LogP contribution is 2.39. The van der Waals surface area contributed by atoms with Crippen LogP contribution in [0, 0.1) is 10.1 Å². The van der Waals surface area contributed by atoms with E-state index >= 15 is 0 Å². The maximum atomic E-state index is 11.5. The van der Waals surface area contributed by atoms with Crippen molar-refractivity contribution >= 4 is 39.3 Å². The first kappa shape index (κ1) is 19.1. The molecule has 1 aliphatic rings. The molecular formula is C12H17ClN4O5S2. The number of benzene rings is 1. The third kappa shape index (κ3) is 4.63. The van der Waals surface area contributed by atoms with Gasteiger partial charge in [0.1, 0.15) is 4.90 Å². The standard InChI is InChI=1S/C12H17ClN4O5S2/c1-16-9-6-8(13)11(24(14,20)21)7-10(9)23-15-12(16)4-2-3-5-22-17(18)19/h6-7,12,15H,2-5H2,1H3,(H2,14,20,21). The number of nitrogens with two attached hydrogens (primary N) is 1. The highest BCUT2D eigenvalue weighted by Gasteiger charge is 2.26. The predicted molar refractivity (Wildman–Crippen MR) is 90.8 cm³/mol. The number of halogens is 1. The Bertz CT molecular complexity index is 730. The average Bonchev–Trinajstić information content (AvgIpc) is 2.47. The van der Waals surface area contributed by atoms with Crippen molar-refractivity contribution < 1.29 is 18.3 Å². The smallest absolute Gasteiger partial charge is 0.294 e. The first-order chi connectivity index (χ1) is 11.2. The lowest BCUT2D eigenvalue weighted by Gasteiger charge is -2.36. The fraction of sp³-hybridized carbons (Fsp3) is 0.500. The van der Waals surface area contributed by atoms with Gasteiger partial charge in [-0.3, -0.25) is 0 Å². The van der Waals surface area contributed by atoms with Crippen LogP contribution in [-0.2, 0) is 14.9 Å². The minimum Gasteiger partial charge on any atom is -0.357 e. The van der Waals surface area contributed by atoms with Crippen molar-refractivity contribution in [2.24, 2.45) is 5.14 Å². The predicted octanol–water partition coefficient (Wildman–Crippen LogP) is 1.74. The molecule has 1 heterocycles. The van der Waals surface area contributed by atoms with Gasteiger partial charge in [-0.05, 0) is 43.3 Å². The van der Waals surface area contributed by atoms with Gasteiger partial charge in [-0.1, -0.05) is 11.6 Å². The van der Waals surface area contributed by atoms with Gasteiger partial charge in [-0.15, -0.1) is 10.1 Å². The normalized spacial score (nSPS) is 17.5. The number of unbranched alkanes of at least 4 members (excludes halogenated alkanes) is 1. The number of nitrogens with one attached hydrogen (secondary N) is 1. The molecule has 1 atom stereocenters. The number of hydrogen-bond donors (Lipinski definition) is 2. The molecular weight excluding hydrogens is 380 g/mol. The van der Waals surface area contributed by atoms with Crippen molar-refractivity contribution in [3.8, 4) is 0 Å². The van der Waals surface area contributed by atoms with E-state index in [0.29, 0.717) is 11.3 Å². The summed E-state index contributed by atoms with van der Waals surface area (Å²) in [5.41, 5.74) is 0.794. The van der Waals surface area contributed by atoms with E-state index in [2.05, 4.69) is 9.56 Å². The fourth-order valence-corrected chi connectivity index (χ4v) is 4.50. The van der Waals surface area contributed by atoms with Gasteiger partial charge in [0.2, 0.25) is 10.0 Å². The molecule has 134 valence electrons. The van der Waals surface area contributed by atoms with E-state index < -0.39 is 15.1 Å². The van der Waals surface area contributed by atoms with Crippen molar-refractivity contribution in [2.45, 2.75) is 35.2 Å². The topological polar surface area (TPSA) is 128 Å². The lowest BCUT2D eigenvalue weighted by molar-refractivity contribution is -0.757. The first-order valence-corrected chi connectivity index (χ1v) is 9.73. The number of anilines is 1. The van der Waals surface area contributed by atoms with E-state index in [0.717, 1.165) is 18.5 Å². The molecule has 0 aliphatic carbocycles. The zero-order chi connectivity index (χ0) is 17.9. The number of primary sulfonamides is 1. The largest absolute Gasteiger partial charge is 0.357 e. The zero-order valence-electron chi connectivity index (χ0n) is 12.8. The first-order valence-electron chi connectivity index (χ1n) is 6.99. The summed E-state index contributed by atoms with van der Waals surface area (Å²) in [5.74, 6) is 0. The second-order valence-corrected chi connectivity index (χ2v) is 8.01. The monoisotopic (exact) mass is 396 g/mol. The molecule has 24 heavy (non-hydrogen) atoms. The highest BCUT2D eigenvalue weighted by molar-refractivity contribution is 7.97. The molecule has 0 aromatic heterocycles. The van der Waals surface area contributed by atoms with E-state index in [9.17, 15) is 18.5 Å². The number of rotatable bonds is 7. The fourth-order valence-electron chi connectivity index (χ4n) is 2.31. The Morgan fingerprint density at radius 3 is 2.83 bits per heavy atom. The van der Waals surface area contributed by atoms with E-state index in [1.54, 1.807) is 6.07 Å². The molecule has 0 saturated carbocycles. The van der Waals surface area contributed by atoms with Crippen LogP contribution in [0.4, 0.5) is 5.69 Å². The van der Waals surface area contributed by atoms with Gasteiger partial charge in [0.05, 0.1) is 23.5 Å². The van der Waals surface area contributed by atoms with Crippen molar-refractivity contribution in [2.75, 3.05) is 18.6 Å².